The van der Waals surface area contributed by atoms with Crippen LogP contribution in [0.5, 0.6) is 0 Å². The zero-order valence-electron chi connectivity index (χ0n) is 19.9. The highest BCUT2D eigenvalue weighted by atomic mass is 35.5. The molecule has 1 atom stereocenters. The van der Waals surface area contributed by atoms with Crippen LogP contribution in [0.25, 0.3) is 0 Å². The summed E-state index contributed by atoms with van der Waals surface area (Å²) < 4.78 is 5.59. The number of fused-ring (bicyclic) bond motifs is 1. The van der Waals surface area contributed by atoms with Crippen LogP contribution in [0, 0.1) is 0 Å². The first kappa shape index (κ1) is 24.5. The van der Waals surface area contributed by atoms with Crippen molar-refractivity contribution in [2.24, 2.45) is 0 Å². The van der Waals surface area contributed by atoms with Gasteiger partial charge in [-0.1, -0.05) is 66.2 Å². The van der Waals surface area contributed by atoms with Crippen molar-refractivity contribution >= 4 is 35.2 Å². The van der Waals surface area contributed by atoms with Crippen molar-refractivity contribution in [1.82, 2.24) is 5.32 Å². The van der Waals surface area contributed by atoms with E-state index in [1.807, 2.05) is 36.4 Å². The molecule has 3 amide bonds. The molecule has 0 saturated heterocycles. The van der Waals surface area contributed by atoms with Crippen LogP contribution in [0.1, 0.15) is 42.3 Å². The Hall–Kier alpha value is -3.64. The van der Waals surface area contributed by atoms with E-state index < -0.39 is 29.0 Å². The molecule has 1 aliphatic heterocycles. The number of hydrogen-bond donors (Lipinski definition) is 1. The van der Waals surface area contributed by atoms with E-state index >= 15 is 0 Å². The molecule has 3 aromatic rings. The number of hydrogen-bond acceptors (Lipinski definition) is 4. The summed E-state index contributed by atoms with van der Waals surface area (Å²) in [5.74, 6) is -0.980. The van der Waals surface area contributed by atoms with E-state index in [4.69, 9.17) is 16.3 Å². The van der Waals surface area contributed by atoms with Gasteiger partial charge in [-0.05, 0) is 56.2 Å². The molecule has 180 valence electrons. The lowest BCUT2D eigenvalue weighted by Gasteiger charge is -2.42. The predicted molar refractivity (Wildman–Crippen MR) is 136 cm³/mol. The average Bonchev–Trinajstić information content (AvgIpc) is 2.80. The molecule has 0 spiro atoms. The molecule has 1 unspecified atom stereocenters. The van der Waals surface area contributed by atoms with Crippen molar-refractivity contribution in [1.29, 1.82) is 0 Å². The second-order valence-corrected chi connectivity index (χ2v) is 10.1. The van der Waals surface area contributed by atoms with Crippen LogP contribution in [0.2, 0.25) is 5.02 Å². The first-order valence-corrected chi connectivity index (χ1v) is 11.7. The summed E-state index contributed by atoms with van der Waals surface area (Å²) in [6.45, 7) is 5.19. The minimum absolute atomic E-state index is 0.186. The summed E-state index contributed by atoms with van der Waals surface area (Å²) >= 11 is 6.23. The van der Waals surface area contributed by atoms with Crippen molar-refractivity contribution in [3.05, 3.63) is 101 Å². The molecule has 1 aliphatic rings. The Labute approximate surface area is 209 Å². The van der Waals surface area contributed by atoms with Gasteiger partial charge < -0.3 is 10.1 Å². The lowest BCUT2D eigenvalue weighted by molar-refractivity contribution is -0.125. The fourth-order valence-electron chi connectivity index (χ4n) is 4.21. The molecule has 1 heterocycles. The van der Waals surface area contributed by atoms with Gasteiger partial charge in [0.25, 0.3) is 11.8 Å². The summed E-state index contributed by atoms with van der Waals surface area (Å²) in [6.07, 6.45) is -0.449. The third kappa shape index (κ3) is 5.38. The van der Waals surface area contributed by atoms with Gasteiger partial charge in [0.1, 0.15) is 11.1 Å². The molecule has 0 radical (unpaired) electrons. The monoisotopic (exact) mass is 490 g/mol. The van der Waals surface area contributed by atoms with Gasteiger partial charge in [-0.25, -0.2) is 9.69 Å². The number of carbonyl (C=O) groups is 3. The van der Waals surface area contributed by atoms with E-state index in [2.05, 4.69) is 5.32 Å². The SMILES string of the molecule is CC(C)(C)OC(=O)N1C(=O)C(Cc2ccccc2)(NC(=O)c2ccccc2)Cc2ccc(Cl)cc21. The Kier molecular flexibility index (Phi) is 6.68. The quantitative estimate of drug-likeness (QED) is 0.518. The molecule has 0 aliphatic carbocycles. The average molecular weight is 491 g/mol. The summed E-state index contributed by atoms with van der Waals surface area (Å²) in [4.78, 5) is 41.8. The maximum Gasteiger partial charge on any atom is 0.421 e. The smallest absolute Gasteiger partial charge is 0.421 e. The standard InChI is InChI=1S/C28H27ClN2O4/c1-27(2,3)35-26(34)31-23-16-22(29)15-14-21(23)18-28(25(31)33,17-19-10-6-4-7-11-19)30-24(32)20-12-8-5-9-13-20/h4-16H,17-18H2,1-3H3,(H,30,32). The number of amides is 3. The largest absolute Gasteiger partial charge is 0.443 e. The number of benzene rings is 3. The molecule has 0 fully saturated rings. The first-order valence-electron chi connectivity index (χ1n) is 11.4. The second kappa shape index (κ2) is 9.55. The van der Waals surface area contributed by atoms with E-state index in [-0.39, 0.29) is 12.8 Å². The molecule has 4 rings (SSSR count). The topological polar surface area (TPSA) is 75.7 Å². The number of nitrogens with one attached hydrogen (secondary N) is 1. The van der Waals surface area contributed by atoms with Gasteiger partial charge >= 0.3 is 6.09 Å². The van der Waals surface area contributed by atoms with Crippen LogP contribution in [0.3, 0.4) is 0 Å². The first-order chi connectivity index (χ1) is 16.6. The van der Waals surface area contributed by atoms with E-state index in [9.17, 15) is 14.4 Å². The van der Waals surface area contributed by atoms with Gasteiger partial charge in [-0.15, -0.1) is 0 Å². The van der Waals surface area contributed by atoms with E-state index in [0.29, 0.717) is 21.8 Å². The summed E-state index contributed by atoms with van der Waals surface area (Å²) in [5, 5.41) is 3.36. The molecule has 0 saturated carbocycles. The van der Waals surface area contributed by atoms with Crippen LogP contribution >= 0.6 is 11.6 Å². The Morgan fingerprint density at radius 2 is 1.63 bits per heavy atom. The normalized spacial score (nSPS) is 17.5. The number of nitrogens with zero attached hydrogens (tertiary/aromatic N) is 1. The van der Waals surface area contributed by atoms with Gasteiger partial charge in [0.15, 0.2) is 0 Å². The van der Waals surface area contributed by atoms with Crippen molar-refractivity contribution in [3.8, 4) is 0 Å². The molecule has 0 aromatic heterocycles. The van der Waals surface area contributed by atoms with Crippen LogP contribution in [0.15, 0.2) is 78.9 Å². The number of anilines is 1. The maximum absolute atomic E-state index is 14.2. The van der Waals surface area contributed by atoms with Crippen molar-refractivity contribution < 1.29 is 19.1 Å². The summed E-state index contributed by atoms with van der Waals surface area (Å²) in [6, 6.07) is 23.1. The summed E-state index contributed by atoms with van der Waals surface area (Å²) in [7, 11) is 0. The highest BCUT2D eigenvalue weighted by Gasteiger charge is 2.50. The number of ether oxygens (including phenoxy) is 1. The number of carbonyl (C=O) groups excluding carboxylic acids is 3. The fraction of sp³-hybridized carbons (Fsp3) is 0.250. The zero-order valence-corrected chi connectivity index (χ0v) is 20.6. The number of rotatable bonds is 4. The van der Waals surface area contributed by atoms with Crippen LogP contribution in [-0.4, -0.2) is 29.0 Å². The Balaban J connectivity index is 1.84. The number of imide groups is 1. The molecule has 35 heavy (non-hydrogen) atoms. The van der Waals surface area contributed by atoms with Gasteiger partial charge in [-0.3, -0.25) is 9.59 Å². The third-order valence-corrected chi connectivity index (χ3v) is 5.94. The number of halogens is 1. The Bertz CT molecular complexity index is 1250. The van der Waals surface area contributed by atoms with E-state index in [0.717, 1.165) is 10.5 Å². The van der Waals surface area contributed by atoms with Crippen LogP contribution < -0.4 is 10.2 Å². The Morgan fingerprint density at radius 3 is 2.26 bits per heavy atom. The lowest BCUT2D eigenvalue weighted by Crippen LogP contribution is -2.66. The summed E-state index contributed by atoms with van der Waals surface area (Å²) in [5.41, 5.74) is 0.0577. The van der Waals surface area contributed by atoms with Gasteiger partial charge in [0.2, 0.25) is 0 Å². The molecule has 0 bridgehead atoms. The maximum atomic E-state index is 14.2. The lowest BCUT2D eigenvalue weighted by atomic mass is 9.79. The van der Waals surface area contributed by atoms with Crippen molar-refractivity contribution in [2.75, 3.05) is 4.90 Å². The van der Waals surface area contributed by atoms with Gasteiger partial charge in [0, 0.05) is 23.4 Å². The van der Waals surface area contributed by atoms with Crippen molar-refractivity contribution in [2.45, 2.75) is 44.8 Å². The van der Waals surface area contributed by atoms with Crippen LogP contribution in [0.4, 0.5) is 10.5 Å². The van der Waals surface area contributed by atoms with Gasteiger partial charge in [-0.2, -0.15) is 0 Å². The Morgan fingerprint density at radius 1 is 1.00 bits per heavy atom. The van der Waals surface area contributed by atoms with E-state index in [1.165, 1.54) is 0 Å². The molecule has 7 heteroatoms. The second-order valence-electron chi connectivity index (χ2n) is 9.64. The third-order valence-electron chi connectivity index (χ3n) is 5.71. The highest BCUT2D eigenvalue weighted by Crippen LogP contribution is 2.37. The van der Waals surface area contributed by atoms with Crippen molar-refractivity contribution in [3.63, 3.8) is 0 Å². The minimum atomic E-state index is -1.42. The van der Waals surface area contributed by atoms with E-state index in [1.54, 1.807) is 63.2 Å². The molecular formula is C28H27ClN2O4. The van der Waals surface area contributed by atoms with Gasteiger partial charge in [0.05, 0.1) is 5.69 Å². The molecular weight excluding hydrogens is 464 g/mol. The molecule has 1 N–H and O–H groups in total. The highest BCUT2D eigenvalue weighted by molar-refractivity contribution is 6.31. The molecule has 6 nitrogen and oxygen atoms in total. The minimum Gasteiger partial charge on any atom is -0.443 e. The zero-order chi connectivity index (χ0) is 25.2. The fourth-order valence-corrected chi connectivity index (χ4v) is 4.38. The van der Waals surface area contributed by atoms with Crippen LogP contribution in [-0.2, 0) is 22.4 Å². The molecule has 3 aromatic carbocycles. The predicted octanol–water partition coefficient (Wildman–Crippen LogP) is 5.58.